The van der Waals surface area contributed by atoms with Gasteiger partial charge in [-0.15, -0.1) is 0 Å². The van der Waals surface area contributed by atoms with Gasteiger partial charge in [0.05, 0.1) is 76.1 Å². The molecule has 0 saturated carbocycles. The van der Waals surface area contributed by atoms with Gasteiger partial charge in [-0.1, -0.05) is 0 Å². The Kier molecular flexibility index (Phi) is 11.7. The standard InChI is InChI=1S/C21H18F3N7O.C16H15F3N4.C4H5N3/c22-21(23,24)14-6-13(7-25-8-14)17-3-4-18-19(29-17)31(16-2-1-5-30(18)11-16)20(32)28-15-9-26-12-27-10-15;17-16(18,19)11-6-10(7-20-8-11)13-3-4-14-15(22-13)21-12-2-1-5-23(14)9-12;5-4-1-6-3-7-2-4/h3-4,6-10,12,16H,1-2,5,11H2,(H,28,32);3-4,6-8,12H,1-2,5,9H2,(H,21,22);1-3H,5H2/t16-;12-;/m00./s1. The van der Waals surface area contributed by atoms with E-state index in [0.717, 1.165) is 87.0 Å². The lowest BCUT2D eigenvalue weighted by atomic mass is 9.99. The molecule has 4 bridgehead atoms. The topological polar surface area (TPSA) is 180 Å². The number of alkyl halides is 6. The van der Waals surface area contributed by atoms with Crippen LogP contribution >= 0.6 is 0 Å². The lowest BCUT2D eigenvalue weighted by Gasteiger charge is -2.45. The van der Waals surface area contributed by atoms with E-state index >= 15 is 0 Å². The maximum atomic E-state index is 13.2. The van der Waals surface area contributed by atoms with Crippen molar-refractivity contribution in [3.05, 3.63) is 110 Å². The Morgan fingerprint density at radius 3 is 1.84 bits per heavy atom. The fraction of sp³-hybridized carbons (Fsp3) is 0.293. The van der Waals surface area contributed by atoms with Crippen molar-refractivity contribution in [2.75, 3.05) is 57.2 Å². The highest BCUT2D eigenvalue weighted by molar-refractivity contribution is 6.04. The molecule has 4 aliphatic heterocycles. The van der Waals surface area contributed by atoms with Gasteiger partial charge in [0, 0.05) is 68.1 Å². The molecule has 10 rings (SSSR count). The zero-order valence-corrected chi connectivity index (χ0v) is 32.7. The number of carbonyl (C=O) groups excluding carboxylic acids is 1. The van der Waals surface area contributed by atoms with E-state index in [1.54, 1.807) is 35.5 Å². The van der Waals surface area contributed by atoms with Crippen molar-refractivity contribution in [3.8, 4) is 22.5 Å². The van der Waals surface area contributed by atoms with Crippen molar-refractivity contribution in [1.29, 1.82) is 0 Å². The van der Waals surface area contributed by atoms with Gasteiger partial charge in [-0.05, 0) is 62.1 Å². The number of nitrogens with zero attached hydrogens (tertiary/aromatic N) is 11. The SMILES string of the molecule is FC(F)(F)c1cncc(-c2ccc3c(n2)N[C@H]2CCCN3C2)c1.Nc1cncnc1.O=C(Nc1cncnc1)N1c2nc(-c3cncc(C(F)(F)F)c3)ccc2N2CCC[C@H]1C2. The molecule has 62 heavy (non-hydrogen) atoms. The van der Waals surface area contributed by atoms with Crippen LogP contribution in [0, 0.1) is 0 Å². The Hall–Kier alpha value is -7.19. The average molecular weight is 857 g/mol. The number of pyridine rings is 4. The fourth-order valence-corrected chi connectivity index (χ4v) is 7.65. The van der Waals surface area contributed by atoms with E-state index in [0.29, 0.717) is 46.7 Å². The molecule has 320 valence electrons. The van der Waals surface area contributed by atoms with Crippen molar-refractivity contribution in [3.63, 3.8) is 0 Å². The van der Waals surface area contributed by atoms with Gasteiger partial charge in [-0.25, -0.2) is 34.7 Å². The van der Waals surface area contributed by atoms with E-state index in [4.69, 9.17) is 5.73 Å². The third-order valence-electron chi connectivity index (χ3n) is 10.5. The number of piperidine rings is 2. The molecule has 2 amide bonds. The first-order valence-corrected chi connectivity index (χ1v) is 19.5. The summed E-state index contributed by atoms with van der Waals surface area (Å²) < 4.78 is 77.9. The predicted molar refractivity (Wildman–Crippen MR) is 219 cm³/mol. The minimum Gasteiger partial charge on any atom is -0.396 e. The number of fused-ring (bicyclic) bond motifs is 8. The molecule has 0 radical (unpaired) electrons. The van der Waals surface area contributed by atoms with E-state index in [1.165, 1.54) is 37.4 Å². The molecule has 0 unspecified atom stereocenters. The number of nitrogen functional groups attached to an aromatic ring is 1. The minimum atomic E-state index is -4.51. The molecule has 6 aromatic heterocycles. The summed E-state index contributed by atoms with van der Waals surface area (Å²) in [6.07, 6.45) is 8.25. The zero-order valence-electron chi connectivity index (χ0n) is 32.7. The van der Waals surface area contributed by atoms with Gasteiger partial charge in [-0.2, -0.15) is 26.3 Å². The minimum absolute atomic E-state index is 0.108. The highest BCUT2D eigenvalue weighted by atomic mass is 19.4. The number of halogens is 6. The first-order chi connectivity index (χ1) is 29.8. The first kappa shape index (κ1) is 41.5. The van der Waals surface area contributed by atoms with E-state index < -0.39 is 23.5 Å². The van der Waals surface area contributed by atoms with Crippen molar-refractivity contribution in [2.45, 2.75) is 50.1 Å². The van der Waals surface area contributed by atoms with Crippen LogP contribution in [0.4, 0.5) is 65.5 Å². The summed E-state index contributed by atoms with van der Waals surface area (Å²) in [6, 6.07) is 9.10. The van der Waals surface area contributed by atoms with Gasteiger partial charge in [0.15, 0.2) is 11.6 Å². The Balaban J connectivity index is 0.000000153. The third kappa shape index (κ3) is 9.40. The summed E-state index contributed by atoms with van der Waals surface area (Å²) in [6.45, 7) is 3.45. The number of hydrogen-bond donors (Lipinski definition) is 3. The van der Waals surface area contributed by atoms with Crippen LogP contribution in [-0.2, 0) is 12.4 Å². The van der Waals surface area contributed by atoms with Gasteiger partial charge in [0.1, 0.15) is 12.7 Å². The van der Waals surface area contributed by atoms with Crippen LogP contribution in [0.25, 0.3) is 22.5 Å². The Labute approximate surface area is 350 Å². The molecule has 10 heterocycles. The molecule has 2 fully saturated rings. The first-order valence-electron chi connectivity index (χ1n) is 19.5. The molecule has 6 aromatic rings. The average Bonchev–Trinajstić information content (AvgIpc) is 3.27. The molecule has 0 spiro atoms. The summed E-state index contributed by atoms with van der Waals surface area (Å²) in [7, 11) is 0. The van der Waals surface area contributed by atoms with E-state index in [1.807, 2.05) is 6.07 Å². The van der Waals surface area contributed by atoms with Crippen LogP contribution in [0.2, 0.25) is 0 Å². The fourth-order valence-electron chi connectivity index (χ4n) is 7.65. The normalized spacial score (nSPS) is 17.5. The molecular formula is C41H38F6N14O. The summed E-state index contributed by atoms with van der Waals surface area (Å²) in [5.74, 6) is 1.15. The number of amides is 2. The molecule has 0 aliphatic carbocycles. The van der Waals surface area contributed by atoms with Crippen LogP contribution in [0.5, 0.6) is 0 Å². The van der Waals surface area contributed by atoms with Gasteiger partial charge in [0.2, 0.25) is 0 Å². The molecular weight excluding hydrogens is 819 g/mol. The summed E-state index contributed by atoms with van der Waals surface area (Å²) >= 11 is 0. The van der Waals surface area contributed by atoms with Crippen molar-refractivity contribution < 1.29 is 31.1 Å². The number of anilines is 6. The van der Waals surface area contributed by atoms with Crippen LogP contribution in [0.3, 0.4) is 0 Å². The van der Waals surface area contributed by atoms with Crippen LogP contribution < -0.4 is 31.1 Å². The number of hydrogen-bond acceptors (Lipinski definition) is 13. The maximum absolute atomic E-state index is 13.2. The van der Waals surface area contributed by atoms with E-state index in [2.05, 4.69) is 60.3 Å². The van der Waals surface area contributed by atoms with Gasteiger partial charge < -0.3 is 26.2 Å². The number of nitrogens with two attached hydrogens (primary N) is 1. The summed E-state index contributed by atoms with van der Waals surface area (Å²) in [5.41, 5.74) is 7.85. The number of nitrogens with one attached hydrogen (secondary N) is 2. The van der Waals surface area contributed by atoms with Crippen LogP contribution in [-0.4, -0.2) is 84.2 Å². The molecule has 4 N–H and O–H groups in total. The molecule has 4 aliphatic rings. The predicted octanol–water partition coefficient (Wildman–Crippen LogP) is 7.59. The lowest BCUT2D eigenvalue weighted by molar-refractivity contribution is -0.138. The largest absolute Gasteiger partial charge is 0.417 e. The number of rotatable bonds is 3. The Bertz CT molecular complexity index is 2510. The zero-order chi connectivity index (χ0) is 43.4. The second-order valence-corrected chi connectivity index (χ2v) is 14.8. The van der Waals surface area contributed by atoms with Crippen LogP contribution in [0.15, 0.2) is 98.6 Å². The monoisotopic (exact) mass is 856 g/mol. The van der Waals surface area contributed by atoms with Crippen molar-refractivity contribution in [1.82, 2.24) is 39.9 Å². The lowest BCUT2D eigenvalue weighted by Crippen LogP contribution is -2.56. The number of urea groups is 1. The molecule has 0 aromatic carbocycles. The highest BCUT2D eigenvalue weighted by Crippen LogP contribution is 2.41. The Morgan fingerprint density at radius 2 is 1.24 bits per heavy atom. The summed E-state index contributed by atoms with van der Waals surface area (Å²) in [5, 5.41) is 6.17. The van der Waals surface area contributed by atoms with Crippen molar-refractivity contribution >= 4 is 40.4 Å². The van der Waals surface area contributed by atoms with Gasteiger partial charge in [0.25, 0.3) is 0 Å². The highest BCUT2D eigenvalue weighted by Gasteiger charge is 2.39. The van der Waals surface area contributed by atoms with Crippen molar-refractivity contribution in [2.24, 2.45) is 0 Å². The second kappa shape index (κ2) is 17.4. The third-order valence-corrected chi connectivity index (χ3v) is 10.5. The Morgan fingerprint density at radius 1 is 0.677 bits per heavy atom. The molecule has 2 atom stereocenters. The molecule has 2 saturated heterocycles. The van der Waals surface area contributed by atoms with Gasteiger partial charge in [-0.3, -0.25) is 14.9 Å². The van der Waals surface area contributed by atoms with E-state index in [-0.39, 0.29) is 17.6 Å². The molecule has 21 heteroatoms. The quantitative estimate of drug-likeness (QED) is 0.148. The number of carbonyl (C=O) groups is 1. The van der Waals surface area contributed by atoms with Gasteiger partial charge >= 0.3 is 18.4 Å². The maximum Gasteiger partial charge on any atom is 0.417 e. The summed E-state index contributed by atoms with van der Waals surface area (Å²) in [4.78, 5) is 50.9. The van der Waals surface area contributed by atoms with E-state index in [9.17, 15) is 31.1 Å². The smallest absolute Gasteiger partial charge is 0.396 e. The molecule has 15 nitrogen and oxygen atoms in total. The number of aromatic nitrogens is 8. The second-order valence-electron chi connectivity index (χ2n) is 14.8. The van der Waals surface area contributed by atoms with Crippen LogP contribution in [0.1, 0.15) is 36.8 Å².